The van der Waals surface area contributed by atoms with Crippen LogP contribution in [0, 0.1) is 11.8 Å². The number of benzene rings is 1. The first kappa shape index (κ1) is 11.6. The highest BCUT2D eigenvalue weighted by Gasteiger charge is 2.52. The summed E-state index contributed by atoms with van der Waals surface area (Å²) in [6, 6.07) is 7.92. The van der Waals surface area contributed by atoms with E-state index in [1.54, 1.807) is 7.05 Å². The Hall–Kier alpha value is -2.17. The third-order valence-electron chi connectivity index (χ3n) is 4.71. The van der Waals surface area contributed by atoms with Crippen LogP contribution in [0.5, 0.6) is 0 Å². The molecule has 1 saturated heterocycles. The van der Waals surface area contributed by atoms with Crippen LogP contribution in [0.4, 0.5) is 0 Å². The minimum absolute atomic E-state index is 0.0254. The second-order valence-electron chi connectivity index (χ2n) is 5.73. The molecule has 102 valence electrons. The number of carbonyl (C=O) groups excluding carboxylic acids is 2. The van der Waals surface area contributed by atoms with Crippen molar-refractivity contribution in [2.24, 2.45) is 11.8 Å². The lowest BCUT2D eigenvalue weighted by molar-refractivity contribution is -0.138. The third-order valence-corrected chi connectivity index (χ3v) is 4.71. The van der Waals surface area contributed by atoms with Crippen molar-refractivity contribution in [1.29, 1.82) is 0 Å². The summed E-state index contributed by atoms with van der Waals surface area (Å²) in [4.78, 5) is 30.4. The molecule has 0 saturated carbocycles. The number of nitrogens with zero attached hydrogens (tertiary/aromatic N) is 3. The third kappa shape index (κ3) is 1.25. The molecule has 0 N–H and O–H groups in total. The summed E-state index contributed by atoms with van der Waals surface area (Å²) in [6.07, 6.45) is 0. The van der Waals surface area contributed by atoms with E-state index in [4.69, 9.17) is 0 Å². The van der Waals surface area contributed by atoms with E-state index < -0.39 is 0 Å². The lowest BCUT2D eigenvalue weighted by Crippen LogP contribution is -2.34. The van der Waals surface area contributed by atoms with Crippen LogP contribution in [0.2, 0.25) is 0 Å². The second-order valence-corrected chi connectivity index (χ2v) is 5.73. The number of rotatable bonds is 0. The fourth-order valence-corrected chi connectivity index (χ4v) is 3.65. The molecule has 1 aromatic carbocycles. The zero-order valence-electron chi connectivity index (χ0n) is 11.4. The van der Waals surface area contributed by atoms with Crippen LogP contribution in [0.1, 0.15) is 18.7 Å². The SMILES string of the molecule is C[C@@H]1c2nc3ccccc3n2C[C@H]2C(=O)N(C)C(=O)[C@@H]12. The standard InChI is InChI=1S/C15H15N3O2/c1-8-12-9(14(19)17(2)15(12)20)7-18-11-6-4-3-5-10(11)16-13(8)18/h3-6,8-9,12H,7H2,1-2H3/t8-,9+,12-/m0/s1. The normalized spacial score (nSPS) is 28.9. The van der Waals surface area contributed by atoms with Gasteiger partial charge in [0, 0.05) is 19.5 Å². The molecule has 0 bridgehead atoms. The molecule has 2 aliphatic rings. The molecule has 2 amide bonds. The van der Waals surface area contributed by atoms with Gasteiger partial charge in [0.25, 0.3) is 0 Å². The molecule has 5 heteroatoms. The number of carbonyl (C=O) groups is 2. The predicted molar refractivity (Wildman–Crippen MR) is 72.9 cm³/mol. The number of imide groups is 1. The molecule has 0 aliphatic carbocycles. The Labute approximate surface area is 116 Å². The van der Waals surface area contributed by atoms with Gasteiger partial charge in [-0.3, -0.25) is 14.5 Å². The van der Waals surface area contributed by atoms with Gasteiger partial charge in [0.05, 0.1) is 22.9 Å². The lowest BCUT2D eigenvalue weighted by atomic mass is 9.81. The van der Waals surface area contributed by atoms with E-state index in [1.807, 2.05) is 31.2 Å². The minimum atomic E-state index is -0.253. The minimum Gasteiger partial charge on any atom is -0.327 e. The van der Waals surface area contributed by atoms with E-state index in [0.717, 1.165) is 16.9 Å². The quantitative estimate of drug-likeness (QED) is 0.679. The lowest BCUT2D eigenvalue weighted by Gasteiger charge is -2.29. The number of amides is 2. The average molecular weight is 269 g/mol. The van der Waals surface area contributed by atoms with E-state index in [9.17, 15) is 9.59 Å². The molecule has 1 fully saturated rings. The van der Waals surface area contributed by atoms with Gasteiger partial charge in [-0.1, -0.05) is 19.1 Å². The Kier molecular flexibility index (Phi) is 2.14. The van der Waals surface area contributed by atoms with Gasteiger partial charge in [-0.25, -0.2) is 4.98 Å². The van der Waals surface area contributed by atoms with E-state index in [-0.39, 0.29) is 29.6 Å². The summed E-state index contributed by atoms with van der Waals surface area (Å²) in [6.45, 7) is 2.55. The predicted octanol–water partition coefficient (Wildman–Crippen LogP) is 1.38. The summed E-state index contributed by atoms with van der Waals surface area (Å²) >= 11 is 0. The first-order chi connectivity index (χ1) is 9.59. The molecule has 2 aliphatic heterocycles. The molecule has 0 unspecified atom stereocenters. The van der Waals surface area contributed by atoms with Gasteiger partial charge in [-0.2, -0.15) is 0 Å². The number of likely N-dealkylation sites (tertiary alicyclic amines) is 1. The highest BCUT2D eigenvalue weighted by atomic mass is 16.2. The second kappa shape index (κ2) is 3.69. The monoisotopic (exact) mass is 269 g/mol. The summed E-state index contributed by atoms with van der Waals surface area (Å²) in [5, 5.41) is 0. The first-order valence-corrected chi connectivity index (χ1v) is 6.86. The molecule has 0 radical (unpaired) electrons. The Morgan fingerprint density at radius 1 is 1.20 bits per heavy atom. The van der Waals surface area contributed by atoms with E-state index >= 15 is 0 Å². The van der Waals surface area contributed by atoms with Crippen LogP contribution >= 0.6 is 0 Å². The van der Waals surface area contributed by atoms with Crippen molar-refractivity contribution in [3.8, 4) is 0 Å². The Balaban J connectivity index is 1.92. The van der Waals surface area contributed by atoms with Crippen molar-refractivity contribution in [3.05, 3.63) is 30.1 Å². The van der Waals surface area contributed by atoms with Crippen LogP contribution in [0.25, 0.3) is 11.0 Å². The van der Waals surface area contributed by atoms with Crippen LogP contribution in [0.3, 0.4) is 0 Å². The van der Waals surface area contributed by atoms with E-state index in [0.29, 0.717) is 6.54 Å². The zero-order valence-corrected chi connectivity index (χ0v) is 11.4. The van der Waals surface area contributed by atoms with E-state index in [1.165, 1.54) is 4.90 Å². The van der Waals surface area contributed by atoms with Crippen molar-refractivity contribution < 1.29 is 9.59 Å². The molecule has 5 nitrogen and oxygen atoms in total. The number of imidazole rings is 1. The fourth-order valence-electron chi connectivity index (χ4n) is 3.65. The molecule has 2 aromatic rings. The van der Waals surface area contributed by atoms with Crippen molar-refractivity contribution in [1.82, 2.24) is 14.5 Å². The number of hydrogen-bond donors (Lipinski definition) is 0. The zero-order chi connectivity index (χ0) is 14.0. The average Bonchev–Trinajstić information content (AvgIpc) is 2.93. The largest absolute Gasteiger partial charge is 0.327 e. The van der Waals surface area contributed by atoms with E-state index in [2.05, 4.69) is 9.55 Å². The Morgan fingerprint density at radius 3 is 2.75 bits per heavy atom. The van der Waals surface area contributed by atoms with Gasteiger partial charge >= 0.3 is 0 Å². The maximum atomic E-state index is 12.3. The van der Waals surface area contributed by atoms with Gasteiger partial charge in [0.15, 0.2) is 0 Å². The van der Waals surface area contributed by atoms with Crippen LogP contribution in [-0.4, -0.2) is 33.3 Å². The van der Waals surface area contributed by atoms with Crippen LogP contribution in [0.15, 0.2) is 24.3 Å². The van der Waals surface area contributed by atoms with Crippen LogP contribution in [-0.2, 0) is 16.1 Å². The topological polar surface area (TPSA) is 55.2 Å². The highest BCUT2D eigenvalue weighted by Crippen LogP contribution is 2.42. The summed E-state index contributed by atoms with van der Waals surface area (Å²) < 4.78 is 2.10. The van der Waals surface area contributed by atoms with Crippen molar-refractivity contribution in [2.75, 3.05) is 7.05 Å². The molecule has 1 aromatic heterocycles. The first-order valence-electron chi connectivity index (χ1n) is 6.86. The summed E-state index contributed by atoms with van der Waals surface area (Å²) in [5.74, 6) is 0.275. The molecule has 0 spiro atoms. The Morgan fingerprint density at radius 2 is 1.95 bits per heavy atom. The van der Waals surface area contributed by atoms with Crippen molar-refractivity contribution in [3.63, 3.8) is 0 Å². The maximum absolute atomic E-state index is 12.3. The number of aromatic nitrogens is 2. The van der Waals surface area contributed by atoms with Gasteiger partial charge in [0.2, 0.25) is 11.8 Å². The smallest absolute Gasteiger partial charge is 0.234 e. The van der Waals surface area contributed by atoms with Crippen LogP contribution < -0.4 is 0 Å². The molecule has 4 rings (SSSR count). The number of para-hydroxylation sites is 2. The molecule has 3 heterocycles. The van der Waals surface area contributed by atoms with Gasteiger partial charge in [-0.15, -0.1) is 0 Å². The van der Waals surface area contributed by atoms with Gasteiger partial charge in [-0.05, 0) is 12.1 Å². The highest BCUT2D eigenvalue weighted by molar-refractivity contribution is 6.05. The summed E-state index contributed by atoms with van der Waals surface area (Å²) in [5.41, 5.74) is 1.98. The Bertz CT molecular complexity index is 749. The number of hydrogen-bond acceptors (Lipinski definition) is 3. The van der Waals surface area contributed by atoms with Crippen molar-refractivity contribution in [2.45, 2.75) is 19.4 Å². The molecule has 3 atom stereocenters. The number of fused-ring (bicyclic) bond motifs is 4. The molecular formula is C15H15N3O2. The maximum Gasteiger partial charge on any atom is 0.234 e. The summed E-state index contributed by atoms with van der Waals surface area (Å²) in [7, 11) is 1.58. The molecular weight excluding hydrogens is 254 g/mol. The van der Waals surface area contributed by atoms with Gasteiger partial charge in [0.1, 0.15) is 5.82 Å². The fraction of sp³-hybridized carbons (Fsp3) is 0.400. The van der Waals surface area contributed by atoms with Crippen molar-refractivity contribution >= 4 is 22.8 Å². The molecule has 20 heavy (non-hydrogen) atoms. The van der Waals surface area contributed by atoms with Gasteiger partial charge < -0.3 is 4.57 Å².